The van der Waals surface area contributed by atoms with Crippen molar-refractivity contribution >= 4 is 5.97 Å². The predicted molar refractivity (Wildman–Crippen MR) is 72.5 cm³/mol. The molecule has 0 aliphatic heterocycles. The maximum Gasteiger partial charge on any atom is 0.306 e. The number of methoxy groups -OCH3 is 1. The van der Waals surface area contributed by atoms with Gasteiger partial charge in [-0.25, -0.2) is 0 Å². The molecule has 0 heterocycles. The van der Waals surface area contributed by atoms with Gasteiger partial charge in [0.1, 0.15) is 5.75 Å². The van der Waals surface area contributed by atoms with Crippen LogP contribution in [0, 0.1) is 11.8 Å². The van der Waals surface area contributed by atoms with Gasteiger partial charge < -0.3 is 9.84 Å². The Labute approximate surface area is 113 Å². The number of benzene rings is 1. The highest BCUT2D eigenvalue weighted by Gasteiger charge is 2.37. The Balaban J connectivity index is 1.85. The van der Waals surface area contributed by atoms with Crippen LogP contribution in [0.25, 0.3) is 0 Å². The first-order valence-corrected chi connectivity index (χ1v) is 7.08. The number of hydrogen-bond donors (Lipinski definition) is 1. The monoisotopic (exact) mass is 260 g/mol. The van der Waals surface area contributed by atoms with Crippen LogP contribution in [-0.2, 0) is 11.2 Å². The van der Waals surface area contributed by atoms with Gasteiger partial charge in [-0.05, 0) is 67.2 Å². The van der Waals surface area contributed by atoms with E-state index in [1.165, 1.54) is 11.1 Å². The van der Waals surface area contributed by atoms with E-state index in [0.29, 0.717) is 11.8 Å². The molecule has 0 radical (unpaired) electrons. The second kappa shape index (κ2) is 4.87. The first-order chi connectivity index (χ1) is 9.19. The van der Waals surface area contributed by atoms with Crippen LogP contribution >= 0.6 is 0 Å². The zero-order valence-corrected chi connectivity index (χ0v) is 11.3. The van der Waals surface area contributed by atoms with E-state index in [0.717, 1.165) is 37.9 Å². The highest BCUT2D eigenvalue weighted by molar-refractivity contribution is 5.70. The Morgan fingerprint density at radius 3 is 2.89 bits per heavy atom. The minimum Gasteiger partial charge on any atom is -0.497 e. The van der Waals surface area contributed by atoms with Gasteiger partial charge >= 0.3 is 5.97 Å². The van der Waals surface area contributed by atoms with Crippen molar-refractivity contribution in [3.05, 3.63) is 29.3 Å². The molecule has 3 rings (SSSR count). The van der Waals surface area contributed by atoms with E-state index in [1.807, 2.05) is 6.07 Å². The summed E-state index contributed by atoms with van der Waals surface area (Å²) in [5.41, 5.74) is 2.83. The highest BCUT2D eigenvalue weighted by Crippen LogP contribution is 2.47. The minimum atomic E-state index is -0.612. The topological polar surface area (TPSA) is 46.5 Å². The van der Waals surface area contributed by atoms with Crippen molar-refractivity contribution < 1.29 is 14.6 Å². The summed E-state index contributed by atoms with van der Waals surface area (Å²) in [5, 5.41) is 9.18. The van der Waals surface area contributed by atoms with E-state index >= 15 is 0 Å². The average molecular weight is 260 g/mol. The van der Waals surface area contributed by atoms with Crippen LogP contribution in [0.5, 0.6) is 5.75 Å². The van der Waals surface area contributed by atoms with E-state index in [9.17, 15) is 9.90 Å². The van der Waals surface area contributed by atoms with E-state index in [2.05, 4.69) is 12.1 Å². The molecule has 1 aromatic rings. The highest BCUT2D eigenvalue weighted by atomic mass is 16.5. The van der Waals surface area contributed by atoms with Crippen LogP contribution in [0.4, 0.5) is 0 Å². The zero-order chi connectivity index (χ0) is 13.4. The number of hydrogen-bond acceptors (Lipinski definition) is 2. The standard InChI is InChI=1S/C16H20O3/c1-19-13-5-7-15-11(9-13)3-2-10-8-12(16(17)18)4-6-14(10)15/h5,7,9-10,12,14H,2-4,6,8H2,1H3,(H,17,18)/t10?,12-,14?/m1/s1. The molecule has 102 valence electrons. The number of fused-ring (bicyclic) bond motifs is 3. The van der Waals surface area contributed by atoms with Crippen LogP contribution < -0.4 is 4.74 Å². The molecule has 1 saturated carbocycles. The van der Waals surface area contributed by atoms with Crippen molar-refractivity contribution in [1.82, 2.24) is 0 Å². The van der Waals surface area contributed by atoms with Gasteiger partial charge in [-0.3, -0.25) is 4.79 Å². The lowest BCUT2D eigenvalue weighted by molar-refractivity contribution is -0.143. The molecule has 1 N–H and O–H groups in total. The molecular weight excluding hydrogens is 240 g/mol. The smallest absolute Gasteiger partial charge is 0.306 e. The summed E-state index contributed by atoms with van der Waals surface area (Å²) in [6, 6.07) is 6.37. The third-order valence-corrected chi connectivity index (χ3v) is 4.87. The molecule has 3 atom stereocenters. The molecular formula is C16H20O3. The molecule has 0 amide bonds. The zero-order valence-electron chi connectivity index (χ0n) is 11.3. The third kappa shape index (κ3) is 2.22. The molecule has 19 heavy (non-hydrogen) atoms. The molecule has 1 aromatic carbocycles. The predicted octanol–water partition coefficient (Wildman–Crippen LogP) is 3.23. The van der Waals surface area contributed by atoms with Crippen molar-refractivity contribution in [3.63, 3.8) is 0 Å². The molecule has 0 saturated heterocycles. The molecule has 3 heteroatoms. The average Bonchev–Trinajstić information content (AvgIpc) is 2.45. The molecule has 0 bridgehead atoms. The quantitative estimate of drug-likeness (QED) is 0.888. The third-order valence-electron chi connectivity index (χ3n) is 4.87. The molecule has 2 aliphatic rings. The van der Waals surface area contributed by atoms with E-state index < -0.39 is 5.97 Å². The molecule has 0 spiro atoms. The molecule has 2 aliphatic carbocycles. The van der Waals surface area contributed by atoms with Crippen LogP contribution in [0.15, 0.2) is 18.2 Å². The van der Waals surface area contributed by atoms with Crippen molar-refractivity contribution in [1.29, 1.82) is 0 Å². The SMILES string of the molecule is COc1ccc2c(c1)CCC1C[C@H](C(=O)O)CCC21. The largest absolute Gasteiger partial charge is 0.497 e. The minimum absolute atomic E-state index is 0.124. The molecule has 2 unspecified atom stereocenters. The van der Waals surface area contributed by atoms with Gasteiger partial charge in [-0.15, -0.1) is 0 Å². The number of aliphatic carboxylic acids is 1. The summed E-state index contributed by atoms with van der Waals surface area (Å²) < 4.78 is 5.29. The fraction of sp³-hybridized carbons (Fsp3) is 0.562. The van der Waals surface area contributed by atoms with E-state index in [-0.39, 0.29) is 5.92 Å². The van der Waals surface area contributed by atoms with Gasteiger partial charge in [0.2, 0.25) is 0 Å². The Hall–Kier alpha value is -1.51. The summed E-state index contributed by atoms with van der Waals surface area (Å²) in [5.74, 6) is 1.30. The van der Waals surface area contributed by atoms with Gasteiger partial charge in [0, 0.05) is 0 Å². The van der Waals surface area contributed by atoms with E-state index in [1.54, 1.807) is 7.11 Å². The summed E-state index contributed by atoms with van der Waals surface area (Å²) >= 11 is 0. The lowest BCUT2D eigenvalue weighted by Crippen LogP contribution is -2.31. The number of rotatable bonds is 2. The van der Waals surface area contributed by atoms with Crippen molar-refractivity contribution in [2.75, 3.05) is 7.11 Å². The fourth-order valence-corrected chi connectivity index (χ4v) is 3.84. The number of ether oxygens (including phenoxy) is 1. The number of carbonyl (C=O) groups is 1. The Morgan fingerprint density at radius 2 is 2.16 bits per heavy atom. The van der Waals surface area contributed by atoms with Crippen LogP contribution in [-0.4, -0.2) is 18.2 Å². The number of carboxylic acid groups (broad SMARTS) is 1. The maximum atomic E-state index is 11.1. The second-order valence-electron chi connectivity index (χ2n) is 5.82. The summed E-state index contributed by atoms with van der Waals surface area (Å²) in [6.45, 7) is 0. The van der Waals surface area contributed by atoms with Crippen LogP contribution in [0.2, 0.25) is 0 Å². The first kappa shape index (κ1) is 12.5. The number of aryl methyl sites for hydroxylation is 1. The van der Waals surface area contributed by atoms with Crippen molar-refractivity contribution in [3.8, 4) is 5.75 Å². The fourth-order valence-electron chi connectivity index (χ4n) is 3.84. The Bertz CT molecular complexity index is 495. The van der Waals surface area contributed by atoms with E-state index in [4.69, 9.17) is 4.74 Å². The van der Waals surface area contributed by atoms with Crippen LogP contribution in [0.3, 0.4) is 0 Å². The van der Waals surface area contributed by atoms with Crippen molar-refractivity contribution in [2.45, 2.75) is 38.0 Å². The summed E-state index contributed by atoms with van der Waals surface area (Å²) in [7, 11) is 1.70. The molecule has 1 fully saturated rings. The molecule has 0 aromatic heterocycles. The van der Waals surface area contributed by atoms with Gasteiger partial charge in [0.15, 0.2) is 0 Å². The van der Waals surface area contributed by atoms with Crippen molar-refractivity contribution in [2.24, 2.45) is 11.8 Å². The lowest BCUT2D eigenvalue weighted by Gasteiger charge is -2.39. The first-order valence-electron chi connectivity index (χ1n) is 7.08. The molecule has 3 nitrogen and oxygen atoms in total. The maximum absolute atomic E-state index is 11.1. The van der Waals surface area contributed by atoms with Gasteiger partial charge in [-0.1, -0.05) is 6.07 Å². The lowest BCUT2D eigenvalue weighted by atomic mass is 9.65. The van der Waals surface area contributed by atoms with Gasteiger partial charge in [0.25, 0.3) is 0 Å². The van der Waals surface area contributed by atoms with Crippen LogP contribution in [0.1, 0.15) is 42.7 Å². The summed E-state index contributed by atoms with van der Waals surface area (Å²) in [6.07, 6.45) is 4.86. The number of carboxylic acids is 1. The second-order valence-corrected chi connectivity index (χ2v) is 5.82. The van der Waals surface area contributed by atoms with Gasteiger partial charge in [0.05, 0.1) is 13.0 Å². The van der Waals surface area contributed by atoms with Gasteiger partial charge in [-0.2, -0.15) is 0 Å². The summed E-state index contributed by atoms with van der Waals surface area (Å²) in [4.78, 5) is 11.1. The Kier molecular flexibility index (Phi) is 3.21. The normalized spacial score (nSPS) is 29.2. The Morgan fingerprint density at radius 1 is 1.32 bits per heavy atom.